The lowest BCUT2D eigenvalue weighted by Gasteiger charge is -2.25. The fourth-order valence-corrected chi connectivity index (χ4v) is 4.63. The predicted molar refractivity (Wildman–Crippen MR) is 96.8 cm³/mol. The molecule has 1 aliphatic heterocycles. The first-order valence-corrected chi connectivity index (χ1v) is 9.91. The van der Waals surface area contributed by atoms with Gasteiger partial charge in [-0.05, 0) is 35.7 Å². The van der Waals surface area contributed by atoms with Crippen LogP contribution in [-0.2, 0) is 10.0 Å². The Labute approximate surface area is 153 Å². The van der Waals surface area contributed by atoms with Crippen molar-refractivity contribution in [2.75, 3.05) is 13.2 Å². The van der Waals surface area contributed by atoms with Crippen molar-refractivity contribution < 1.29 is 17.9 Å². The second kappa shape index (κ2) is 7.23. The zero-order valence-corrected chi connectivity index (χ0v) is 15.6. The van der Waals surface area contributed by atoms with Crippen LogP contribution >= 0.6 is 11.6 Å². The van der Waals surface area contributed by atoms with E-state index in [0.29, 0.717) is 24.7 Å². The third-order valence-electron chi connectivity index (χ3n) is 4.00. The van der Waals surface area contributed by atoms with Crippen LogP contribution < -0.4 is 14.2 Å². The van der Waals surface area contributed by atoms with Gasteiger partial charge in [-0.3, -0.25) is 0 Å². The quantitative estimate of drug-likeness (QED) is 0.855. The van der Waals surface area contributed by atoms with Gasteiger partial charge in [-0.15, -0.1) is 0 Å². The summed E-state index contributed by atoms with van der Waals surface area (Å²) in [5.41, 5.74) is 0.815. The third kappa shape index (κ3) is 3.92. The molecule has 3 rings (SSSR count). The lowest BCUT2D eigenvalue weighted by Crippen LogP contribution is -2.32. The largest absolute Gasteiger partial charge is 0.486 e. The van der Waals surface area contributed by atoms with E-state index in [-0.39, 0.29) is 15.8 Å². The average Bonchev–Trinajstić information content (AvgIpc) is 2.59. The summed E-state index contributed by atoms with van der Waals surface area (Å²) in [6, 6.07) is 11.5. The number of hydrogen-bond donors (Lipinski definition) is 1. The maximum absolute atomic E-state index is 12.8. The van der Waals surface area contributed by atoms with Gasteiger partial charge in [0.05, 0.1) is 5.02 Å². The molecule has 1 aliphatic rings. The highest BCUT2D eigenvalue weighted by Crippen LogP contribution is 2.35. The van der Waals surface area contributed by atoms with E-state index in [1.165, 1.54) is 6.07 Å². The van der Waals surface area contributed by atoms with E-state index in [4.69, 9.17) is 21.1 Å². The molecule has 0 amide bonds. The molecule has 2 aromatic carbocycles. The maximum Gasteiger partial charge on any atom is 0.242 e. The second-order valence-electron chi connectivity index (χ2n) is 6.18. The Hall–Kier alpha value is -1.76. The van der Waals surface area contributed by atoms with Crippen LogP contribution in [-0.4, -0.2) is 21.6 Å². The number of nitrogens with one attached hydrogen (secondary N) is 1. The normalized spacial score (nSPS) is 15.2. The number of benzene rings is 2. The van der Waals surface area contributed by atoms with Gasteiger partial charge in [-0.25, -0.2) is 13.1 Å². The molecule has 1 heterocycles. The van der Waals surface area contributed by atoms with Gasteiger partial charge in [0.25, 0.3) is 0 Å². The van der Waals surface area contributed by atoms with E-state index in [1.807, 2.05) is 32.0 Å². The molecule has 0 saturated heterocycles. The molecule has 0 radical (unpaired) electrons. The Balaban J connectivity index is 1.93. The number of halogens is 1. The van der Waals surface area contributed by atoms with Crippen molar-refractivity contribution in [3.05, 3.63) is 53.1 Å². The van der Waals surface area contributed by atoms with Gasteiger partial charge < -0.3 is 9.47 Å². The molecule has 7 heteroatoms. The second-order valence-corrected chi connectivity index (χ2v) is 8.27. The van der Waals surface area contributed by atoms with Crippen molar-refractivity contribution in [1.82, 2.24) is 4.72 Å². The molecule has 1 atom stereocenters. The summed E-state index contributed by atoms with van der Waals surface area (Å²) in [5, 5.41) is 0.194. The predicted octanol–water partition coefficient (Wildman–Crippen LogP) is 3.79. The first kappa shape index (κ1) is 18.0. The molecule has 0 saturated carbocycles. The minimum absolute atomic E-state index is 0.0276. The average molecular weight is 382 g/mol. The number of hydrogen-bond acceptors (Lipinski definition) is 4. The lowest BCUT2D eigenvalue weighted by molar-refractivity contribution is 0.171. The van der Waals surface area contributed by atoms with Crippen molar-refractivity contribution >= 4 is 21.6 Å². The van der Waals surface area contributed by atoms with Gasteiger partial charge in [0.2, 0.25) is 10.0 Å². The summed E-state index contributed by atoms with van der Waals surface area (Å²) < 4.78 is 39.4. The van der Waals surface area contributed by atoms with Gasteiger partial charge in [-0.2, -0.15) is 0 Å². The molecule has 5 nitrogen and oxygen atoms in total. The van der Waals surface area contributed by atoms with Crippen LogP contribution in [0.4, 0.5) is 0 Å². The van der Waals surface area contributed by atoms with E-state index in [0.717, 1.165) is 5.56 Å². The van der Waals surface area contributed by atoms with Crippen LogP contribution in [0.25, 0.3) is 0 Å². The summed E-state index contributed by atoms with van der Waals surface area (Å²) >= 11 is 6.06. The Morgan fingerprint density at radius 3 is 2.40 bits per heavy atom. The van der Waals surface area contributed by atoms with Gasteiger partial charge >= 0.3 is 0 Å². The molecule has 25 heavy (non-hydrogen) atoms. The van der Waals surface area contributed by atoms with Gasteiger partial charge in [0, 0.05) is 6.04 Å². The van der Waals surface area contributed by atoms with Crippen molar-refractivity contribution in [2.24, 2.45) is 5.92 Å². The molecular weight excluding hydrogens is 362 g/mol. The highest BCUT2D eigenvalue weighted by molar-refractivity contribution is 7.89. The van der Waals surface area contributed by atoms with Crippen LogP contribution in [0.15, 0.2) is 47.4 Å². The Kier molecular flexibility index (Phi) is 5.22. The highest BCUT2D eigenvalue weighted by atomic mass is 35.5. The van der Waals surface area contributed by atoms with E-state index >= 15 is 0 Å². The molecule has 0 unspecified atom stereocenters. The highest BCUT2D eigenvalue weighted by Gasteiger charge is 2.26. The smallest absolute Gasteiger partial charge is 0.242 e. The number of ether oxygens (including phenoxy) is 2. The molecule has 0 bridgehead atoms. The SMILES string of the molecule is CC(C)[C@@H](NS(=O)(=O)c1ccccc1Cl)c1ccc2c(c1)OCCO2. The molecule has 0 spiro atoms. The third-order valence-corrected chi connectivity index (χ3v) is 5.94. The van der Waals surface area contributed by atoms with Crippen molar-refractivity contribution in [3.63, 3.8) is 0 Å². The van der Waals surface area contributed by atoms with Crippen molar-refractivity contribution in [2.45, 2.75) is 24.8 Å². The van der Waals surface area contributed by atoms with E-state index in [2.05, 4.69) is 4.72 Å². The fraction of sp³-hybridized carbons (Fsp3) is 0.333. The summed E-state index contributed by atoms with van der Waals surface area (Å²) in [5.74, 6) is 1.33. The molecule has 0 aromatic heterocycles. The van der Waals surface area contributed by atoms with Crippen molar-refractivity contribution in [1.29, 1.82) is 0 Å². The monoisotopic (exact) mass is 381 g/mol. The summed E-state index contributed by atoms with van der Waals surface area (Å²) in [7, 11) is -3.76. The van der Waals surface area contributed by atoms with Crippen LogP contribution in [0, 0.1) is 5.92 Å². The number of sulfonamides is 1. The Bertz CT molecular complexity index is 867. The van der Waals surface area contributed by atoms with Gasteiger partial charge in [-0.1, -0.05) is 43.6 Å². The summed E-state index contributed by atoms with van der Waals surface area (Å²) in [6.07, 6.45) is 0. The lowest BCUT2D eigenvalue weighted by atomic mass is 9.97. The molecule has 1 N–H and O–H groups in total. The van der Waals surface area contributed by atoms with Crippen LogP contribution in [0.2, 0.25) is 5.02 Å². The Morgan fingerprint density at radius 1 is 1.04 bits per heavy atom. The molecule has 134 valence electrons. The zero-order chi connectivity index (χ0) is 18.0. The van der Waals surface area contributed by atoms with Crippen LogP contribution in [0.1, 0.15) is 25.5 Å². The Morgan fingerprint density at radius 2 is 1.72 bits per heavy atom. The van der Waals surface area contributed by atoms with Gasteiger partial charge in [0.15, 0.2) is 11.5 Å². The van der Waals surface area contributed by atoms with Crippen LogP contribution in [0.3, 0.4) is 0 Å². The number of fused-ring (bicyclic) bond motifs is 1. The maximum atomic E-state index is 12.8. The van der Waals surface area contributed by atoms with Crippen LogP contribution in [0.5, 0.6) is 11.5 Å². The molecule has 0 fully saturated rings. The van der Waals surface area contributed by atoms with E-state index in [1.54, 1.807) is 18.2 Å². The van der Waals surface area contributed by atoms with Gasteiger partial charge in [0.1, 0.15) is 18.1 Å². The standard InChI is InChI=1S/C18H20ClNO4S/c1-12(2)18(13-7-8-15-16(11-13)24-10-9-23-15)20-25(21,22)17-6-4-3-5-14(17)19/h3-8,11-12,18,20H,9-10H2,1-2H3/t18-/m1/s1. The minimum Gasteiger partial charge on any atom is -0.486 e. The van der Waals surface area contributed by atoms with E-state index < -0.39 is 16.1 Å². The molecule has 0 aliphatic carbocycles. The summed E-state index contributed by atoms with van der Waals surface area (Å²) in [4.78, 5) is 0.0693. The topological polar surface area (TPSA) is 64.6 Å². The fourth-order valence-electron chi connectivity index (χ4n) is 2.74. The van der Waals surface area contributed by atoms with Crippen molar-refractivity contribution in [3.8, 4) is 11.5 Å². The summed E-state index contributed by atoms with van der Waals surface area (Å²) in [6.45, 7) is 4.90. The zero-order valence-electron chi connectivity index (χ0n) is 14.0. The molecule has 2 aromatic rings. The number of rotatable bonds is 5. The first-order valence-electron chi connectivity index (χ1n) is 8.05. The first-order chi connectivity index (χ1) is 11.9. The minimum atomic E-state index is -3.76. The molecular formula is C18H20ClNO4S. The van der Waals surface area contributed by atoms with E-state index in [9.17, 15) is 8.42 Å².